The summed E-state index contributed by atoms with van der Waals surface area (Å²) in [6.45, 7) is 1.43. The van der Waals surface area contributed by atoms with E-state index in [0.29, 0.717) is 18.0 Å². The molecule has 0 radical (unpaired) electrons. The Kier molecular flexibility index (Phi) is 3.47. The van der Waals surface area contributed by atoms with Gasteiger partial charge in [0.05, 0.1) is 5.39 Å². The summed E-state index contributed by atoms with van der Waals surface area (Å²) in [6, 6.07) is 0.179. The van der Waals surface area contributed by atoms with Gasteiger partial charge in [0, 0.05) is 24.1 Å². The van der Waals surface area contributed by atoms with E-state index >= 15 is 0 Å². The molecule has 0 spiro atoms. The van der Waals surface area contributed by atoms with Gasteiger partial charge in [0.15, 0.2) is 4.77 Å². The van der Waals surface area contributed by atoms with Gasteiger partial charge >= 0.3 is 0 Å². The fourth-order valence-electron chi connectivity index (χ4n) is 3.53. The number of aromatic nitrogens is 2. The molecule has 0 saturated carbocycles. The Hall–Kier alpha value is -0.980. The van der Waals surface area contributed by atoms with Gasteiger partial charge in [0.1, 0.15) is 4.83 Å². The number of ether oxygens (including phenoxy) is 1. The molecule has 1 N–H and O–H groups in total. The number of nitrogens with zero attached hydrogens (tertiary/aromatic N) is 1. The molecule has 1 aliphatic heterocycles. The number of nitrogens with one attached hydrogen (secondary N) is 1. The van der Waals surface area contributed by atoms with Crippen molar-refractivity contribution in [2.75, 3.05) is 13.2 Å². The van der Waals surface area contributed by atoms with Gasteiger partial charge in [-0.3, -0.25) is 9.36 Å². The lowest BCUT2D eigenvalue weighted by atomic mass is 9.97. The van der Waals surface area contributed by atoms with Gasteiger partial charge in [-0.15, -0.1) is 11.3 Å². The predicted octanol–water partition coefficient (Wildman–Crippen LogP) is 3.35. The molecule has 2 aromatic rings. The number of rotatable bonds is 1. The monoisotopic (exact) mass is 322 g/mol. The second-order valence-corrected chi connectivity index (χ2v) is 7.36. The average Bonchev–Trinajstić information content (AvgIpc) is 2.86. The first-order chi connectivity index (χ1) is 10.3. The Balaban J connectivity index is 1.95. The van der Waals surface area contributed by atoms with Gasteiger partial charge in [-0.2, -0.15) is 0 Å². The Morgan fingerprint density at radius 2 is 2.00 bits per heavy atom. The summed E-state index contributed by atoms with van der Waals surface area (Å²) in [6.07, 6.45) is 6.29. The highest BCUT2D eigenvalue weighted by molar-refractivity contribution is 7.71. The van der Waals surface area contributed by atoms with Crippen molar-refractivity contribution in [2.45, 2.75) is 44.6 Å². The van der Waals surface area contributed by atoms with Crippen molar-refractivity contribution in [2.24, 2.45) is 0 Å². The van der Waals surface area contributed by atoms with Crippen molar-refractivity contribution in [3.05, 3.63) is 25.6 Å². The second-order valence-electron chi connectivity index (χ2n) is 5.86. The van der Waals surface area contributed by atoms with Crippen LogP contribution in [-0.2, 0) is 17.6 Å². The molecule has 4 nitrogen and oxygen atoms in total. The first kappa shape index (κ1) is 13.7. The summed E-state index contributed by atoms with van der Waals surface area (Å²) in [5.41, 5.74) is 1.39. The highest BCUT2D eigenvalue weighted by atomic mass is 32.1. The molecule has 1 saturated heterocycles. The second kappa shape index (κ2) is 5.34. The van der Waals surface area contributed by atoms with E-state index in [0.717, 1.165) is 35.9 Å². The average molecular weight is 322 g/mol. The molecule has 112 valence electrons. The van der Waals surface area contributed by atoms with Crippen molar-refractivity contribution in [3.8, 4) is 0 Å². The summed E-state index contributed by atoms with van der Waals surface area (Å²) < 4.78 is 7.78. The lowest BCUT2D eigenvalue weighted by Crippen LogP contribution is -2.30. The summed E-state index contributed by atoms with van der Waals surface area (Å²) in [5.74, 6) is 0. The van der Waals surface area contributed by atoms with E-state index in [9.17, 15) is 4.79 Å². The van der Waals surface area contributed by atoms with Crippen LogP contribution in [0.1, 0.15) is 42.2 Å². The van der Waals surface area contributed by atoms with E-state index in [-0.39, 0.29) is 11.6 Å². The lowest BCUT2D eigenvalue weighted by Gasteiger charge is -2.24. The summed E-state index contributed by atoms with van der Waals surface area (Å²) in [4.78, 5) is 18.7. The number of aryl methyl sites for hydroxylation is 2. The maximum Gasteiger partial charge on any atom is 0.263 e. The number of hydrogen-bond acceptors (Lipinski definition) is 4. The summed E-state index contributed by atoms with van der Waals surface area (Å²) in [7, 11) is 0. The Morgan fingerprint density at radius 3 is 2.81 bits per heavy atom. The molecule has 0 unspecified atom stereocenters. The molecule has 1 fully saturated rings. The fourth-order valence-corrected chi connectivity index (χ4v) is 5.20. The quantitative estimate of drug-likeness (QED) is 0.819. The van der Waals surface area contributed by atoms with Crippen molar-refractivity contribution in [3.63, 3.8) is 0 Å². The first-order valence-electron chi connectivity index (χ1n) is 7.62. The smallest absolute Gasteiger partial charge is 0.263 e. The molecule has 2 aromatic heterocycles. The van der Waals surface area contributed by atoms with Gasteiger partial charge in [0.25, 0.3) is 5.56 Å². The van der Waals surface area contributed by atoms with Crippen LogP contribution in [-0.4, -0.2) is 22.8 Å². The molecule has 0 aromatic carbocycles. The van der Waals surface area contributed by atoms with Crippen molar-refractivity contribution < 1.29 is 4.74 Å². The van der Waals surface area contributed by atoms with Crippen molar-refractivity contribution in [1.29, 1.82) is 0 Å². The van der Waals surface area contributed by atoms with Crippen molar-refractivity contribution in [1.82, 2.24) is 9.55 Å². The first-order valence-corrected chi connectivity index (χ1v) is 8.85. The minimum atomic E-state index is 0.111. The van der Waals surface area contributed by atoms with Crippen LogP contribution in [0.5, 0.6) is 0 Å². The topological polar surface area (TPSA) is 47.0 Å². The molecule has 2 aliphatic rings. The standard InChI is InChI=1S/C15H18N2O2S2/c18-14-12-10-3-1-2-4-11(10)21-13(12)16-15(20)17(14)9-5-7-19-8-6-9/h9H,1-8H2,(H,16,20). The van der Waals surface area contributed by atoms with E-state index in [1.165, 1.54) is 23.3 Å². The van der Waals surface area contributed by atoms with Crippen LogP contribution in [0.25, 0.3) is 10.2 Å². The molecule has 21 heavy (non-hydrogen) atoms. The van der Waals surface area contributed by atoms with E-state index in [1.807, 2.05) is 4.57 Å². The zero-order chi connectivity index (χ0) is 14.4. The highest BCUT2D eigenvalue weighted by Crippen LogP contribution is 2.34. The number of hydrogen-bond donors (Lipinski definition) is 1. The van der Waals surface area contributed by atoms with Crippen LogP contribution < -0.4 is 5.56 Å². The van der Waals surface area contributed by atoms with Crippen LogP contribution in [0, 0.1) is 4.77 Å². The van der Waals surface area contributed by atoms with Gasteiger partial charge < -0.3 is 9.72 Å². The third-order valence-electron chi connectivity index (χ3n) is 4.60. The molecule has 0 amide bonds. The number of H-pyrrole nitrogens is 1. The van der Waals surface area contributed by atoms with Crippen LogP contribution in [0.3, 0.4) is 0 Å². The Morgan fingerprint density at radius 1 is 1.24 bits per heavy atom. The maximum absolute atomic E-state index is 13.0. The van der Waals surface area contributed by atoms with E-state index in [4.69, 9.17) is 17.0 Å². The minimum absolute atomic E-state index is 0.111. The summed E-state index contributed by atoms with van der Waals surface area (Å²) >= 11 is 7.18. The number of fused-ring (bicyclic) bond motifs is 3. The third-order valence-corrected chi connectivity index (χ3v) is 6.11. The lowest BCUT2D eigenvalue weighted by molar-refractivity contribution is 0.0681. The van der Waals surface area contributed by atoms with Crippen LogP contribution >= 0.6 is 23.6 Å². The van der Waals surface area contributed by atoms with Crippen LogP contribution in [0.2, 0.25) is 0 Å². The van der Waals surface area contributed by atoms with Crippen LogP contribution in [0.15, 0.2) is 4.79 Å². The molecular formula is C15H18N2O2S2. The zero-order valence-corrected chi connectivity index (χ0v) is 13.4. The zero-order valence-electron chi connectivity index (χ0n) is 11.8. The number of thiophene rings is 1. The van der Waals surface area contributed by atoms with E-state index in [1.54, 1.807) is 11.3 Å². The van der Waals surface area contributed by atoms with Gasteiger partial charge in [-0.25, -0.2) is 0 Å². The van der Waals surface area contributed by atoms with E-state index < -0.39 is 0 Å². The Bertz CT molecular complexity index is 796. The third kappa shape index (κ3) is 2.20. The van der Waals surface area contributed by atoms with Crippen LogP contribution in [0.4, 0.5) is 0 Å². The highest BCUT2D eigenvalue weighted by Gasteiger charge is 2.23. The van der Waals surface area contributed by atoms with Gasteiger partial charge in [-0.1, -0.05) is 0 Å². The molecule has 0 atom stereocenters. The van der Waals surface area contributed by atoms with E-state index in [2.05, 4.69) is 4.98 Å². The Labute approximate surface area is 131 Å². The predicted molar refractivity (Wildman–Crippen MR) is 87.0 cm³/mol. The summed E-state index contributed by atoms with van der Waals surface area (Å²) in [5, 5.41) is 0.898. The maximum atomic E-state index is 13.0. The largest absolute Gasteiger partial charge is 0.381 e. The van der Waals surface area contributed by atoms with Gasteiger partial charge in [-0.05, 0) is 56.3 Å². The molecule has 0 bridgehead atoms. The molecule has 6 heteroatoms. The number of aromatic amines is 1. The molecular weight excluding hydrogens is 304 g/mol. The van der Waals surface area contributed by atoms with Crippen molar-refractivity contribution >= 4 is 33.8 Å². The normalized spacial score (nSPS) is 19.8. The fraction of sp³-hybridized carbons (Fsp3) is 0.600. The SMILES string of the molecule is O=c1c2c3c(sc2[nH]c(=S)n1C1CCOCC1)CCCC3. The van der Waals surface area contributed by atoms with Gasteiger partial charge in [0.2, 0.25) is 0 Å². The molecule has 4 rings (SSSR count). The molecule has 1 aliphatic carbocycles. The molecule has 3 heterocycles. The minimum Gasteiger partial charge on any atom is -0.381 e.